The predicted molar refractivity (Wildman–Crippen MR) is 178 cm³/mol. The lowest BCUT2D eigenvalue weighted by atomic mass is 9.63. The standard InChI is InChI=1S/C35H45ClN2O5S/c1-23-6-4-15-35(41,16-17-39)30-11-8-27(30)20-38-21-34(14-5-7-25-18-28(36)10-12-29(25)34)22-43-32-13-9-26(19-31(32)38)33(40)37-44(3,42)24(23)2/h4,9-10,12-13,15,18-19,23-24,27,30,39,41H,3,5-8,11,14,16-17,20-22H2,1-2H3,(H,37,40,42)/b15-4+/t23-,24+,27-,30+,34-,35+,44?/m0/s1. The molecular weight excluding hydrogens is 596 g/mol. The summed E-state index contributed by atoms with van der Waals surface area (Å²) in [4.78, 5) is 15.9. The van der Waals surface area contributed by atoms with Gasteiger partial charge in [-0.25, -0.2) is 4.21 Å². The Kier molecular flexibility index (Phi) is 8.59. The summed E-state index contributed by atoms with van der Waals surface area (Å²) in [6.45, 7) is 5.60. The highest BCUT2D eigenvalue weighted by Gasteiger charge is 2.47. The maximum atomic E-state index is 13.7. The Bertz CT molecular complexity index is 1560. The molecule has 1 fully saturated rings. The van der Waals surface area contributed by atoms with E-state index >= 15 is 0 Å². The summed E-state index contributed by atoms with van der Waals surface area (Å²) in [7, 11) is -2.98. The number of carbonyl (C=O) groups excluding carboxylic acids is 1. The first-order chi connectivity index (χ1) is 20.9. The number of ether oxygens (including phenoxy) is 1. The van der Waals surface area contributed by atoms with Crippen molar-refractivity contribution >= 4 is 38.8 Å². The summed E-state index contributed by atoms with van der Waals surface area (Å²) in [5.74, 6) is 4.36. The Hall–Kier alpha value is -2.52. The van der Waals surface area contributed by atoms with E-state index in [9.17, 15) is 19.2 Å². The number of allylic oxidation sites excluding steroid dienone is 1. The van der Waals surface area contributed by atoms with Crippen LogP contribution in [0.1, 0.15) is 73.9 Å². The fourth-order valence-electron chi connectivity index (χ4n) is 7.92. The van der Waals surface area contributed by atoms with Crippen LogP contribution in [0.15, 0.2) is 48.6 Å². The highest BCUT2D eigenvalue weighted by atomic mass is 35.5. The number of halogens is 1. The number of fused-ring (bicyclic) bond motifs is 4. The van der Waals surface area contributed by atoms with Crippen molar-refractivity contribution in [2.24, 2.45) is 17.8 Å². The van der Waals surface area contributed by atoms with Crippen LogP contribution in [0.25, 0.3) is 0 Å². The smallest absolute Gasteiger partial charge is 0.262 e. The molecule has 0 radical (unpaired) electrons. The summed E-state index contributed by atoms with van der Waals surface area (Å²) in [5, 5.41) is 22.3. The van der Waals surface area contributed by atoms with Crippen LogP contribution >= 0.6 is 11.6 Å². The average Bonchev–Trinajstić information content (AvgIpc) is 3.11. The fourth-order valence-corrected chi connectivity index (χ4v) is 9.59. The van der Waals surface area contributed by atoms with E-state index in [1.54, 1.807) is 6.07 Å². The van der Waals surface area contributed by atoms with E-state index in [0.29, 0.717) is 37.4 Å². The van der Waals surface area contributed by atoms with Gasteiger partial charge in [0.1, 0.15) is 5.75 Å². The molecule has 1 saturated carbocycles. The number of carbonyl (C=O) groups is 1. The number of anilines is 1. The molecule has 7 nitrogen and oxygen atoms in total. The van der Waals surface area contributed by atoms with Crippen molar-refractivity contribution < 1.29 is 24.0 Å². The average molecular weight is 641 g/mol. The van der Waals surface area contributed by atoms with Crippen molar-refractivity contribution in [2.45, 2.75) is 75.1 Å². The van der Waals surface area contributed by atoms with Crippen molar-refractivity contribution in [3.63, 3.8) is 0 Å². The zero-order chi connectivity index (χ0) is 31.3. The molecule has 1 unspecified atom stereocenters. The molecule has 6 rings (SSSR count). The third-order valence-corrected chi connectivity index (χ3v) is 13.3. The van der Waals surface area contributed by atoms with Crippen LogP contribution in [0.5, 0.6) is 5.75 Å². The summed E-state index contributed by atoms with van der Waals surface area (Å²) in [6.07, 6.45) is 9.45. The van der Waals surface area contributed by atoms with Crippen molar-refractivity contribution in [1.82, 2.24) is 4.72 Å². The molecule has 3 N–H and O–H groups in total. The Morgan fingerprint density at radius 1 is 1.20 bits per heavy atom. The second kappa shape index (κ2) is 12.0. The molecule has 44 heavy (non-hydrogen) atoms. The molecule has 238 valence electrons. The Morgan fingerprint density at radius 2 is 2.02 bits per heavy atom. The molecule has 2 aromatic carbocycles. The lowest BCUT2D eigenvalue weighted by Crippen LogP contribution is -2.52. The van der Waals surface area contributed by atoms with Gasteiger partial charge in [0.05, 0.1) is 27.6 Å². The number of benzene rings is 2. The van der Waals surface area contributed by atoms with Gasteiger partial charge in [-0.15, -0.1) is 0 Å². The topological polar surface area (TPSA) is 99.1 Å². The Balaban J connectivity index is 1.45. The molecular formula is C35H45ClN2O5S. The SMILES string of the molecule is C=S1(=O)NC(=O)c2ccc3c(c2)N(C[C@@H]2CC[C@H]2[C@](O)(CCO)/C=C/C[C@H](C)[C@H]1C)C[C@@]1(CCCc2cc(Cl)ccc21)CO3. The fraction of sp³-hybridized carbons (Fsp3) is 0.543. The van der Waals surface area contributed by atoms with Gasteiger partial charge >= 0.3 is 0 Å². The number of hydrogen-bond acceptors (Lipinski definition) is 6. The van der Waals surface area contributed by atoms with E-state index in [1.165, 1.54) is 11.1 Å². The molecule has 1 amide bonds. The van der Waals surface area contributed by atoms with Gasteiger partial charge in [0.25, 0.3) is 5.91 Å². The minimum atomic E-state index is -2.98. The maximum Gasteiger partial charge on any atom is 0.262 e. The van der Waals surface area contributed by atoms with Gasteiger partial charge in [0.15, 0.2) is 0 Å². The lowest BCUT2D eigenvalue weighted by Gasteiger charge is -2.49. The summed E-state index contributed by atoms with van der Waals surface area (Å²) >= 11 is 6.42. The quantitative estimate of drug-likeness (QED) is 0.305. The van der Waals surface area contributed by atoms with Gasteiger partial charge in [0.2, 0.25) is 0 Å². The second-order valence-electron chi connectivity index (χ2n) is 13.7. The van der Waals surface area contributed by atoms with E-state index in [-0.39, 0.29) is 36.2 Å². The normalized spacial score (nSPS) is 36.2. The van der Waals surface area contributed by atoms with Gasteiger partial charge < -0.3 is 19.8 Å². The monoisotopic (exact) mass is 640 g/mol. The van der Waals surface area contributed by atoms with E-state index in [2.05, 4.69) is 27.6 Å². The van der Waals surface area contributed by atoms with Gasteiger partial charge in [-0.3, -0.25) is 9.52 Å². The number of aliphatic hydroxyl groups excluding tert-OH is 1. The van der Waals surface area contributed by atoms with E-state index in [1.807, 2.05) is 44.2 Å². The molecule has 2 aliphatic carbocycles. The van der Waals surface area contributed by atoms with Crippen molar-refractivity contribution in [3.8, 4) is 5.75 Å². The first-order valence-electron chi connectivity index (χ1n) is 15.9. The van der Waals surface area contributed by atoms with Crippen LogP contribution in [0.3, 0.4) is 0 Å². The Morgan fingerprint density at radius 3 is 2.77 bits per heavy atom. The molecule has 2 heterocycles. The van der Waals surface area contributed by atoms with Crippen LogP contribution in [-0.4, -0.2) is 63.4 Å². The van der Waals surface area contributed by atoms with Gasteiger partial charge in [-0.05, 0) is 111 Å². The first kappa shape index (κ1) is 31.5. The minimum Gasteiger partial charge on any atom is -0.490 e. The summed E-state index contributed by atoms with van der Waals surface area (Å²) in [6, 6.07) is 11.6. The lowest BCUT2D eigenvalue weighted by molar-refractivity contribution is -0.0583. The summed E-state index contributed by atoms with van der Waals surface area (Å²) in [5.41, 5.74) is 2.34. The van der Waals surface area contributed by atoms with E-state index in [4.69, 9.17) is 16.3 Å². The zero-order valence-corrected chi connectivity index (χ0v) is 27.3. The number of aliphatic hydroxyl groups is 2. The largest absolute Gasteiger partial charge is 0.490 e. The maximum absolute atomic E-state index is 13.7. The third-order valence-electron chi connectivity index (χ3n) is 10.9. The van der Waals surface area contributed by atoms with Crippen molar-refractivity contribution in [2.75, 3.05) is 31.2 Å². The van der Waals surface area contributed by atoms with Crippen LogP contribution in [-0.2, 0) is 21.5 Å². The number of hydrogen-bond donors (Lipinski definition) is 3. The van der Waals surface area contributed by atoms with E-state index in [0.717, 1.165) is 42.8 Å². The number of aryl methyl sites for hydroxylation is 1. The van der Waals surface area contributed by atoms with Crippen LogP contribution in [0.2, 0.25) is 5.02 Å². The van der Waals surface area contributed by atoms with Crippen LogP contribution in [0, 0.1) is 17.8 Å². The first-order valence-corrected chi connectivity index (χ1v) is 18.1. The summed E-state index contributed by atoms with van der Waals surface area (Å²) < 4.78 is 23.0. The molecule has 2 bridgehead atoms. The third kappa shape index (κ3) is 5.79. The number of rotatable bonds is 2. The molecule has 1 spiro atoms. The number of amides is 1. The zero-order valence-electron chi connectivity index (χ0n) is 25.8. The molecule has 0 aromatic heterocycles. The number of nitrogens with zero attached hydrogens (tertiary/aromatic N) is 1. The van der Waals surface area contributed by atoms with Gasteiger partial charge in [-0.2, -0.15) is 0 Å². The van der Waals surface area contributed by atoms with Crippen LogP contribution < -0.4 is 14.4 Å². The second-order valence-corrected chi connectivity index (χ2v) is 16.5. The van der Waals surface area contributed by atoms with Crippen LogP contribution in [0.4, 0.5) is 5.69 Å². The Labute approximate surface area is 266 Å². The minimum absolute atomic E-state index is 0.0175. The predicted octanol–water partition coefficient (Wildman–Crippen LogP) is 5.30. The molecule has 4 aliphatic rings. The van der Waals surface area contributed by atoms with Crippen molar-refractivity contribution in [3.05, 3.63) is 70.3 Å². The molecule has 9 heteroatoms. The molecule has 7 atom stereocenters. The highest BCUT2D eigenvalue weighted by molar-refractivity contribution is 7.99. The van der Waals surface area contributed by atoms with Gasteiger partial charge in [-0.1, -0.05) is 36.7 Å². The highest BCUT2D eigenvalue weighted by Crippen LogP contribution is 2.49. The number of nitrogens with one attached hydrogen (secondary N) is 1. The van der Waals surface area contributed by atoms with E-state index < -0.39 is 26.5 Å². The molecule has 0 saturated heterocycles. The van der Waals surface area contributed by atoms with Crippen molar-refractivity contribution in [1.29, 1.82) is 0 Å². The van der Waals surface area contributed by atoms with Gasteiger partial charge in [0, 0.05) is 47.4 Å². The molecule has 2 aromatic rings. The molecule has 2 aliphatic heterocycles.